The maximum Gasteiger partial charge on any atom is 0.226 e. The average Bonchev–Trinajstić information content (AvgIpc) is 2.78. The zero-order valence-electron chi connectivity index (χ0n) is 18.3. The van der Waals surface area contributed by atoms with Gasteiger partial charge in [0.25, 0.3) is 0 Å². The van der Waals surface area contributed by atoms with Crippen molar-refractivity contribution < 1.29 is 14.3 Å². The third kappa shape index (κ3) is 4.36. The number of anilines is 1. The number of carbonyl (C=O) groups is 1. The van der Waals surface area contributed by atoms with Crippen LogP contribution in [-0.2, 0) is 9.53 Å². The van der Waals surface area contributed by atoms with E-state index in [1.165, 1.54) is 0 Å². The van der Waals surface area contributed by atoms with Crippen LogP contribution in [0.3, 0.4) is 0 Å². The molecule has 30 heavy (non-hydrogen) atoms. The minimum absolute atomic E-state index is 0.101. The van der Waals surface area contributed by atoms with E-state index in [1.54, 1.807) is 14.2 Å². The van der Waals surface area contributed by atoms with E-state index < -0.39 is 0 Å². The first-order valence-corrected chi connectivity index (χ1v) is 10.9. The molecule has 2 aliphatic rings. The standard InChI is InChI=1S/C23H32N4O3/c1-16-20-7-6-19(30-3)13-21(20)25-23(24-16)26-11-8-18(9-12-26)22(28)27-10-4-5-17(14-27)15-29-2/h6-7,13,17-18H,4-5,8-12,14-15H2,1-3H3. The number of carbonyl (C=O) groups excluding carboxylic acids is 1. The van der Waals surface area contributed by atoms with Crippen LogP contribution in [0.4, 0.5) is 5.95 Å². The predicted molar refractivity (Wildman–Crippen MR) is 117 cm³/mol. The molecule has 1 amide bonds. The van der Waals surface area contributed by atoms with E-state index in [0.29, 0.717) is 11.8 Å². The first-order chi connectivity index (χ1) is 14.6. The molecular formula is C23H32N4O3. The van der Waals surface area contributed by atoms with Crippen molar-refractivity contribution in [2.24, 2.45) is 11.8 Å². The number of aromatic nitrogens is 2. The van der Waals surface area contributed by atoms with Gasteiger partial charge in [-0.25, -0.2) is 9.97 Å². The maximum atomic E-state index is 13.1. The van der Waals surface area contributed by atoms with E-state index in [9.17, 15) is 4.79 Å². The number of benzene rings is 1. The topological polar surface area (TPSA) is 67.8 Å². The fraction of sp³-hybridized carbons (Fsp3) is 0.609. The third-order valence-corrected chi connectivity index (χ3v) is 6.44. The number of fused-ring (bicyclic) bond motifs is 1. The molecule has 2 aliphatic heterocycles. The second-order valence-electron chi connectivity index (χ2n) is 8.50. The molecule has 3 heterocycles. The zero-order chi connectivity index (χ0) is 21.1. The van der Waals surface area contributed by atoms with E-state index in [4.69, 9.17) is 19.4 Å². The van der Waals surface area contributed by atoms with Gasteiger partial charge in [-0.05, 0) is 50.7 Å². The summed E-state index contributed by atoms with van der Waals surface area (Å²) in [7, 11) is 3.40. The average molecular weight is 413 g/mol. The van der Waals surface area contributed by atoms with Crippen LogP contribution in [0, 0.1) is 18.8 Å². The number of hydrogen-bond donors (Lipinski definition) is 0. The molecule has 2 aromatic rings. The van der Waals surface area contributed by atoms with Crippen molar-refractivity contribution >= 4 is 22.8 Å². The first kappa shape index (κ1) is 20.8. The lowest BCUT2D eigenvalue weighted by molar-refractivity contribution is -0.138. The van der Waals surface area contributed by atoms with Crippen molar-refractivity contribution in [3.63, 3.8) is 0 Å². The van der Waals surface area contributed by atoms with E-state index in [0.717, 1.165) is 86.8 Å². The second kappa shape index (κ2) is 9.16. The Bertz CT molecular complexity index is 893. The van der Waals surface area contributed by atoms with Crippen LogP contribution in [0.5, 0.6) is 5.75 Å². The molecule has 1 unspecified atom stereocenters. The highest BCUT2D eigenvalue weighted by atomic mass is 16.5. The van der Waals surface area contributed by atoms with Crippen LogP contribution in [0.1, 0.15) is 31.4 Å². The number of ether oxygens (including phenoxy) is 2. The smallest absolute Gasteiger partial charge is 0.226 e. The third-order valence-electron chi connectivity index (χ3n) is 6.44. The molecule has 7 nitrogen and oxygen atoms in total. The van der Waals surface area contributed by atoms with Gasteiger partial charge >= 0.3 is 0 Å². The van der Waals surface area contributed by atoms with Crippen molar-refractivity contribution in [1.82, 2.24) is 14.9 Å². The van der Waals surface area contributed by atoms with Gasteiger partial charge in [0.15, 0.2) is 0 Å². The lowest BCUT2D eigenvalue weighted by atomic mass is 9.92. The molecule has 7 heteroatoms. The minimum atomic E-state index is 0.101. The molecule has 0 N–H and O–H groups in total. The van der Waals surface area contributed by atoms with Gasteiger partial charge in [0, 0.05) is 50.7 Å². The molecule has 0 saturated carbocycles. The highest BCUT2D eigenvalue weighted by Gasteiger charge is 2.32. The van der Waals surface area contributed by atoms with E-state index >= 15 is 0 Å². The van der Waals surface area contributed by atoms with Gasteiger partial charge in [0.2, 0.25) is 11.9 Å². The van der Waals surface area contributed by atoms with Gasteiger partial charge < -0.3 is 19.3 Å². The molecular weight excluding hydrogens is 380 g/mol. The van der Waals surface area contributed by atoms with Crippen LogP contribution >= 0.6 is 0 Å². The van der Waals surface area contributed by atoms with Gasteiger partial charge in [-0.2, -0.15) is 0 Å². The Labute approximate surface area is 178 Å². The molecule has 1 aromatic heterocycles. The van der Waals surface area contributed by atoms with Crippen LogP contribution < -0.4 is 9.64 Å². The Morgan fingerprint density at radius 1 is 1.13 bits per heavy atom. The Hall–Kier alpha value is -2.41. The normalized spacial score (nSPS) is 20.6. The monoisotopic (exact) mass is 412 g/mol. The molecule has 2 saturated heterocycles. The molecule has 0 radical (unpaired) electrons. The van der Waals surface area contributed by atoms with Crippen LogP contribution in [-0.4, -0.2) is 67.8 Å². The summed E-state index contributed by atoms with van der Waals surface area (Å²) in [5, 5.41) is 1.04. The number of nitrogens with zero attached hydrogens (tertiary/aromatic N) is 4. The zero-order valence-corrected chi connectivity index (χ0v) is 18.3. The van der Waals surface area contributed by atoms with Gasteiger partial charge in [0.05, 0.1) is 24.9 Å². The van der Waals surface area contributed by atoms with E-state index in [1.807, 2.05) is 25.1 Å². The van der Waals surface area contributed by atoms with Crippen molar-refractivity contribution in [3.05, 3.63) is 23.9 Å². The molecule has 162 valence electrons. The summed E-state index contributed by atoms with van der Waals surface area (Å²) in [6.07, 6.45) is 3.93. The summed E-state index contributed by atoms with van der Waals surface area (Å²) in [6.45, 7) is 6.09. The predicted octanol–water partition coefficient (Wildman–Crippen LogP) is 3.05. The minimum Gasteiger partial charge on any atom is -0.497 e. The largest absolute Gasteiger partial charge is 0.497 e. The number of aryl methyl sites for hydroxylation is 1. The molecule has 0 aliphatic carbocycles. The fourth-order valence-electron chi connectivity index (χ4n) is 4.74. The number of piperidine rings is 2. The van der Waals surface area contributed by atoms with Crippen molar-refractivity contribution in [2.75, 3.05) is 51.9 Å². The SMILES string of the molecule is COCC1CCCN(C(=O)C2CCN(c3nc(C)c4ccc(OC)cc4n3)CC2)C1. The van der Waals surface area contributed by atoms with Crippen molar-refractivity contribution in [1.29, 1.82) is 0 Å². The van der Waals surface area contributed by atoms with Crippen molar-refractivity contribution in [2.45, 2.75) is 32.6 Å². The van der Waals surface area contributed by atoms with Gasteiger partial charge in [-0.3, -0.25) is 4.79 Å². The quantitative estimate of drug-likeness (QED) is 0.752. The lowest BCUT2D eigenvalue weighted by Gasteiger charge is -2.37. The van der Waals surface area contributed by atoms with Crippen LogP contribution in [0.2, 0.25) is 0 Å². The number of likely N-dealkylation sites (tertiary alicyclic amines) is 1. The van der Waals surface area contributed by atoms with Gasteiger partial charge in [-0.15, -0.1) is 0 Å². The summed E-state index contributed by atoms with van der Waals surface area (Å²) in [6, 6.07) is 5.90. The molecule has 4 rings (SSSR count). The molecule has 0 bridgehead atoms. The fourth-order valence-corrected chi connectivity index (χ4v) is 4.74. The second-order valence-corrected chi connectivity index (χ2v) is 8.50. The maximum absolute atomic E-state index is 13.1. The Morgan fingerprint density at radius 2 is 1.93 bits per heavy atom. The number of amides is 1. The summed E-state index contributed by atoms with van der Waals surface area (Å²) in [4.78, 5) is 26.9. The Morgan fingerprint density at radius 3 is 2.67 bits per heavy atom. The summed E-state index contributed by atoms with van der Waals surface area (Å²) in [5.41, 5.74) is 1.86. The Kier molecular flexibility index (Phi) is 6.37. The van der Waals surface area contributed by atoms with Crippen molar-refractivity contribution in [3.8, 4) is 5.75 Å². The summed E-state index contributed by atoms with van der Waals surface area (Å²) in [5.74, 6) is 2.43. The number of rotatable bonds is 5. The van der Waals surface area contributed by atoms with Crippen LogP contribution in [0.15, 0.2) is 18.2 Å². The number of methoxy groups -OCH3 is 2. The lowest BCUT2D eigenvalue weighted by Crippen LogP contribution is -2.47. The van der Waals surface area contributed by atoms with E-state index in [2.05, 4.69) is 9.80 Å². The van der Waals surface area contributed by atoms with Gasteiger partial charge in [0.1, 0.15) is 5.75 Å². The summed E-state index contributed by atoms with van der Waals surface area (Å²) >= 11 is 0. The highest BCUT2D eigenvalue weighted by molar-refractivity contribution is 5.83. The molecule has 2 fully saturated rings. The molecule has 0 spiro atoms. The molecule has 1 atom stereocenters. The Balaban J connectivity index is 1.41. The number of hydrogen-bond acceptors (Lipinski definition) is 6. The molecule has 1 aromatic carbocycles. The van der Waals surface area contributed by atoms with Gasteiger partial charge in [-0.1, -0.05) is 0 Å². The van der Waals surface area contributed by atoms with E-state index in [-0.39, 0.29) is 5.92 Å². The summed E-state index contributed by atoms with van der Waals surface area (Å²) < 4.78 is 10.7. The van der Waals surface area contributed by atoms with Crippen LogP contribution in [0.25, 0.3) is 10.9 Å². The first-order valence-electron chi connectivity index (χ1n) is 10.9. The highest BCUT2D eigenvalue weighted by Crippen LogP contribution is 2.28.